The van der Waals surface area contributed by atoms with Crippen LogP contribution < -0.4 is 10.6 Å². The molecule has 4 rings (SSSR count). The van der Waals surface area contributed by atoms with Gasteiger partial charge in [-0.3, -0.25) is 34.3 Å². The molecular formula is C20H24N4O4. The predicted molar refractivity (Wildman–Crippen MR) is 100 cm³/mol. The number of likely N-dealkylation sites (N-methyl/N-ethyl adjacent to an activating group) is 1. The first-order valence-electron chi connectivity index (χ1n) is 9.72. The first kappa shape index (κ1) is 18.8. The highest BCUT2D eigenvalue weighted by atomic mass is 16.2. The molecule has 2 saturated heterocycles. The van der Waals surface area contributed by atoms with Crippen molar-refractivity contribution in [2.24, 2.45) is 0 Å². The molecule has 0 bridgehead atoms. The van der Waals surface area contributed by atoms with Crippen LogP contribution in [0.3, 0.4) is 0 Å². The van der Waals surface area contributed by atoms with Crippen LogP contribution in [-0.2, 0) is 16.1 Å². The number of nitrogens with one attached hydrogen (secondary N) is 2. The summed E-state index contributed by atoms with van der Waals surface area (Å²) in [6.45, 7) is 2.67. The van der Waals surface area contributed by atoms with Crippen molar-refractivity contribution in [2.45, 2.75) is 44.3 Å². The number of amides is 4. The van der Waals surface area contributed by atoms with Gasteiger partial charge in [0.2, 0.25) is 11.8 Å². The number of carbonyl (C=O) groups excluding carboxylic acids is 4. The van der Waals surface area contributed by atoms with Crippen LogP contribution in [0.4, 0.5) is 0 Å². The Kier molecular flexibility index (Phi) is 4.99. The number of rotatable bonds is 4. The summed E-state index contributed by atoms with van der Waals surface area (Å²) in [5, 5.41) is 5.53. The van der Waals surface area contributed by atoms with Crippen LogP contribution in [0.5, 0.6) is 0 Å². The largest absolute Gasteiger partial charge is 0.316 e. The van der Waals surface area contributed by atoms with Crippen molar-refractivity contribution >= 4 is 23.6 Å². The first-order valence-corrected chi connectivity index (χ1v) is 9.72. The fourth-order valence-corrected chi connectivity index (χ4v) is 4.31. The second-order valence-electron chi connectivity index (χ2n) is 7.69. The quantitative estimate of drug-likeness (QED) is 0.723. The summed E-state index contributed by atoms with van der Waals surface area (Å²) < 4.78 is 0. The van der Waals surface area contributed by atoms with E-state index in [9.17, 15) is 19.2 Å². The Morgan fingerprint density at radius 3 is 2.64 bits per heavy atom. The van der Waals surface area contributed by atoms with E-state index in [-0.39, 0.29) is 18.7 Å². The van der Waals surface area contributed by atoms with Gasteiger partial charge in [0, 0.05) is 25.6 Å². The molecule has 4 amide bonds. The van der Waals surface area contributed by atoms with E-state index in [1.807, 2.05) is 13.1 Å². The molecule has 28 heavy (non-hydrogen) atoms. The zero-order valence-corrected chi connectivity index (χ0v) is 15.9. The van der Waals surface area contributed by atoms with Crippen LogP contribution in [0.2, 0.25) is 0 Å². The number of hydrogen-bond donors (Lipinski definition) is 2. The molecule has 148 valence electrons. The summed E-state index contributed by atoms with van der Waals surface area (Å²) in [6, 6.07) is 4.86. The van der Waals surface area contributed by atoms with E-state index in [1.54, 1.807) is 12.1 Å². The molecule has 1 aromatic carbocycles. The number of likely N-dealkylation sites (tertiary alicyclic amines) is 1. The van der Waals surface area contributed by atoms with Crippen LogP contribution >= 0.6 is 0 Å². The maximum Gasteiger partial charge on any atom is 0.262 e. The molecule has 0 aromatic heterocycles. The average molecular weight is 384 g/mol. The molecule has 2 N–H and O–H groups in total. The highest BCUT2D eigenvalue weighted by Gasteiger charge is 2.44. The zero-order valence-electron chi connectivity index (χ0n) is 15.9. The standard InChI is InChI=1S/C20H24N4O4/c1-21-13-3-2-8-23(11-13)10-12-4-5-14-15(9-12)20(28)24(19(14)27)16-6-7-17(25)22-18(16)26/h4-5,9,13,16,21H,2-3,6-8,10-11H2,1H3,(H,22,25,26). The van der Waals surface area contributed by atoms with Gasteiger partial charge in [0.1, 0.15) is 6.04 Å². The Balaban J connectivity index is 1.52. The minimum atomic E-state index is -0.924. The third kappa shape index (κ3) is 3.33. The normalized spacial score (nSPS) is 25.8. The summed E-state index contributed by atoms with van der Waals surface area (Å²) in [5.41, 5.74) is 1.64. The molecule has 3 aliphatic heterocycles. The Bertz CT molecular complexity index is 853. The van der Waals surface area contributed by atoms with Crippen molar-refractivity contribution in [3.05, 3.63) is 34.9 Å². The molecule has 8 nitrogen and oxygen atoms in total. The lowest BCUT2D eigenvalue weighted by Gasteiger charge is -2.32. The topological polar surface area (TPSA) is 98.8 Å². The Morgan fingerprint density at radius 2 is 1.89 bits per heavy atom. The van der Waals surface area contributed by atoms with Crippen molar-refractivity contribution in [3.8, 4) is 0 Å². The van der Waals surface area contributed by atoms with Gasteiger partial charge in [0.05, 0.1) is 11.1 Å². The highest BCUT2D eigenvalue weighted by molar-refractivity contribution is 6.23. The zero-order chi connectivity index (χ0) is 19.8. The molecule has 1 aromatic rings. The molecule has 2 unspecified atom stereocenters. The van der Waals surface area contributed by atoms with Crippen molar-refractivity contribution in [2.75, 3.05) is 20.1 Å². The van der Waals surface area contributed by atoms with Gasteiger partial charge < -0.3 is 5.32 Å². The predicted octanol–water partition coefficient (Wildman–Crippen LogP) is 0.272. The van der Waals surface area contributed by atoms with Crippen LogP contribution in [-0.4, -0.2) is 65.6 Å². The number of fused-ring (bicyclic) bond motifs is 1. The molecule has 2 fully saturated rings. The highest BCUT2D eigenvalue weighted by Crippen LogP contribution is 2.28. The van der Waals surface area contributed by atoms with E-state index in [1.165, 1.54) is 0 Å². The molecule has 0 aliphatic carbocycles. The Labute approximate surface area is 163 Å². The van der Waals surface area contributed by atoms with E-state index in [0.29, 0.717) is 23.7 Å². The van der Waals surface area contributed by atoms with Crippen LogP contribution in [0.15, 0.2) is 18.2 Å². The summed E-state index contributed by atoms with van der Waals surface area (Å²) in [4.78, 5) is 52.5. The Morgan fingerprint density at radius 1 is 1.11 bits per heavy atom. The molecule has 8 heteroatoms. The van der Waals surface area contributed by atoms with Gasteiger partial charge in [-0.15, -0.1) is 0 Å². The van der Waals surface area contributed by atoms with Gasteiger partial charge in [-0.05, 0) is 50.6 Å². The van der Waals surface area contributed by atoms with Crippen LogP contribution in [0, 0.1) is 0 Å². The molecular weight excluding hydrogens is 360 g/mol. The minimum Gasteiger partial charge on any atom is -0.316 e. The molecule has 0 spiro atoms. The second-order valence-corrected chi connectivity index (χ2v) is 7.69. The van der Waals surface area contributed by atoms with E-state index in [2.05, 4.69) is 15.5 Å². The summed E-state index contributed by atoms with van der Waals surface area (Å²) >= 11 is 0. The summed E-state index contributed by atoms with van der Waals surface area (Å²) in [7, 11) is 1.97. The lowest BCUT2D eigenvalue weighted by atomic mass is 10.0. The third-order valence-corrected chi connectivity index (χ3v) is 5.82. The fraction of sp³-hybridized carbons (Fsp3) is 0.500. The SMILES string of the molecule is CNC1CCCN(Cc2ccc3c(c2)C(=O)N(C2CCC(=O)NC2=O)C3=O)C1. The molecule has 0 saturated carbocycles. The number of piperidine rings is 2. The minimum absolute atomic E-state index is 0.122. The van der Waals surface area contributed by atoms with Crippen LogP contribution in [0.1, 0.15) is 52.0 Å². The molecule has 3 aliphatic rings. The van der Waals surface area contributed by atoms with Gasteiger partial charge in [-0.25, -0.2) is 0 Å². The van der Waals surface area contributed by atoms with E-state index >= 15 is 0 Å². The van der Waals surface area contributed by atoms with Crippen molar-refractivity contribution < 1.29 is 19.2 Å². The first-order chi connectivity index (χ1) is 13.5. The summed E-state index contributed by atoms with van der Waals surface area (Å²) in [5.74, 6) is -1.88. The van der Waals surface area contributed by atoms with Crippen molar-refractivity contribution in [3.63, 3.8) is 0 Å². The lowest BCUT2D eigenvalue weighted by molar-refractivity contribution is -0.136. The molecule has 3 heterocycles. The average Bonchev–Trinajstić information content (AvgIpc) is 2.93. The maximum absolute atomic E-state index is 12.9. The van der Waals surface area contributed by atoms with Gasteiger partial charge >= 0.3 is 0 Å². The lowest BCUT2D eigenvalue weighted by Crippen LogP contribution is -2.54. The molecule has 2 atom stereocenters. The fourth-order valence-electron chi connectivity index (χ4n) is 4.31. The number of carbonyl (C=O) groups is 4. The number of benzene rings is 1. The van der Waals surface area contributed by atoms with Gasteiger partial charge in [-0.2, -0.15) is 0 Å². The van der Waals surface area contributed by atoms with Gasteiger partial charge in [0.25, 0.3) is 11.8 Å². The number of hydrogen-bond acceptors (Lipinski definition) is 6. The maximum atomic E-state index is 12.9. The van der Waals surface area contributed by atoms with E-state index in [0.717, 1.165) is 36.4 Å². The van der Waals surface area contributed by atoms with Crippen molar-refractivity contribution in [1.29, 1.82) is 0 Å². The molecule has 0 radical (unpaired) electrons. The second kappa shape index (κ2) is 7.44. The van der Waals surface area contributed by atoms with E-state index in [4.69, 9.17) is 0 Å². The van der Waals surface area contributed by atoms with Crippen molar-refractivity contribution in [1.82, 2.24) is 20.4 Å². The number of nitrogens with zero attached hydrogens (tertiary/aromatic N) is 2. The van der Waals surface area contributed by atoms with E-state index < -0.39 is 23.8 Å². The summed E-state index contributed by atoms with van der Waals surface area (Å²) in [6.07, 6.45) is 2.57. The monoisotopic (exact) mass is 384 g/mol. The van der Waals surface area contributed by atoms with Crippen LogP contribution in [0.25, 0.3) is 0 Å². The third-order valence-electron chi connectivity index (χ3n) is 5.82. The number of imide groups is 2. The smallest absolute Gasteiger partial charge is 0.262 e. The van der Waals surface area contributed by atoms with Gasteiger partial charge in [0.15, 0.2) is 0 Å². The Hall–Kier alpha value is -2.58. The van der Waals surface area contributed by atoms with Gasteiger partial charge in [-0.1, -0.05) is 6.07 Å².